The van der Waals surface area contributed by atoms with E-state index in [-0.39, 0.29) is 12.2 Å². The van der Waals surface area contributed by atoms with Crippen LogP contribution in [0.25, 0.3) is 6.08 Å². The van der Waals surface area contributed by atoms with Gasteiger partial charge in [0.1, 0.15) is 11.6 Å². The van der Waals surface area contributed by atoms with E-state index in [1.807, 2.05) is 0 Å². The minimum Gasteiger partial charge on any atom is -0.497 e. The second-order valence-corrected chi connectivity index (χ2v) is 8.11. The van der Waals surface area contributed by atoms with E-state index in [1.54, 1.807) is 63.4 Å². The molecule has 0 aliphatic carbocycles. The normalized spacial score (nSPS) is 15.9. The molecule has 2 heterocycles. The van der Waals surface area contributed by atoms with Gasteiger partial charge in [0.05, 0.1) is 35.6 Å². The molecule has 164 valence electrons. The number of methoxy groups -OCH3 is 1. The molecule has 0 unspecified atom stereocenters. The zero-order valence-electron chi connectivity index (χ0n) is 17.8. The Morgan fingerprint density at radius 3 is 2.59 bits per heavy atom. The number of halogens is 1. The predicted molar refractivity (Wildman–Crippen MR) is 120 cm³/mol. The molecule has 0 saturated carbocycles. The van der Waals surface area contributed by atoms with Gasteiger partial charge in [0.2, 0.25) is 0 Å². The first-order valence-corrected chi connectivity index (χ1v) is 10.8. The minimum absolute atomic E-state index is 0.197. The number of thiazole rings is 1. The summed E-state index contributed by atoms with van der Waals surface area (Å²) in [7, 11) is 1.56. The summed E-state index contributed by atoms with van der Waals surface area (Å²) < 4.78 is 26.5. The van der Waals surface area contributed by atoms with Gasteiger partial charge in [-0.05, 0) is 43.7 Å². The van der Waals surface area contributed by atoms with Gasteiger partial charge in [-0.3, -0.25) is 9.36 Å². The Labute approximate surface area is 187 Å². The van der Waals surface area contributed by atoms with Crippen LogP contribution in [0, 0.1) is 5.82 Å². The van der Waals surface area contributed by atoms with Crippen LogP contribution in [0.15, 0.2) is 69.6 Å². The van der Waals surface area contributed by atoms with Crippen LogP contribution in [0.1, 0.15) is 31.0 Å². The van der Waals surface area contributed by atoms with Crippen molar-refractivity contribution in [2.45, 2.75) is 19.9 Å². The summed E-state index contributed by atoms with van der Waals surface area (Å²) in [6, 6.07) is 12.6. The quantitative estimate of drug-likeness (QED) is 0.558. The van der Waals surface area contributed by atoms with Gasteiger partial charge in [-0.1, -0.05) is 41.7 Å². The van der Waals surface area contributed by atoms with E-state index in [4.69, 9.17) is 9.47 Å². The Kier molecular flexibility index (Phi) is 6.05. The minimum atomic E-state index is -0.723. The molecular weight excluding hydrogens is 431 g/mol. The first-order valence-electron chi connectivity index (χ1n) is 10.0. The Morgan fingerprint density at radius 2 is 1.94 bits per heavy atom. The number of carbonyl (C=O) groups is 1. The molecule has 1 atom stereocenters. The zero-order chi connectivity index (χ0) is 22.8. The van der Waals surface area contributed by atoms with Crippen LogP contribution < -0.4 is 19.6 Å². The lowest BCUT2D eigenvalue weighted by atomic mass is 9.96. The molecular formula is C24H21FN2O4S. The Morgan fingerprint density at radius 1 is 1.22 bits per heavy atom. The van der Waals surface area contributed by atoms with Crippen molar-refractivity contribution in [2.75, 3.05) is 13.7 Å². The van der Waals surface area contributed by atoms with Crippen LogP contribution in [0.3, 0.4) is 0 Å². The molecule has 0 radical (unpaired) electrons. The van der Waals surface area contributed by atoms with E-state index in [1.165, 1.54) is 16.7 Å². The number of allylic oxidation sites excluding steroid dienone is 1. The number of esters is 1. The maximum Gasteiger partial charge on any atom is 0.338 e. The van der Waals surface area contributed by atoms with E-state index in [2.05, 4.69) is 4.99 Å². The Balaban J connectivity index is 1.96. The van der Waals surface area contributed by atoms with Crippen LogP contribution in [-0.4, -0.2) is 24.3 Å². The van der Waals surface area contributed by atoms with Gasteiger partial charge < -0.3 is 9.47 Å². The lowest BCUT2D eigenvalue weighted by molar-refractivity contribution is -0.139. The number of hydrogen-bond acceptors (Lipinski definition) is 6. The van der Waals surface area contributed by atoms with Gasteiger partial charge in [-0.15, -0.1) is 0 Å². The molecule has 2 aromatic carbocycles. The fourth-order valence-corrected chi connectivity index (χ4v) is 4.66. The molecule has 8 heteroatoms. The monoisotopic (exact) mass is 452 g/mol. The van der Waals surface area contributed by atoms with Crippen LogP contribution in [-0.2, 0) is 9.53 Å². The maximum atomic E-state index is 14.2. The van der Waals surface area contributed by atoms with Crippen molar-refractivity contribution < 1.29 is 18.7 Å². The van der Waals surface area contributed by atoms with Crippen molar-refractivity contribution in [1.82, 2.24) is 4.57 Å². The topological polar surface area (TPSA) is 69.9 Å². The Hall–Kier alpha value is -3.52. The summed E-state index contributed by atoms with van der Waals surface area (Å²) in [4.78, 5) is 31.2. The zero-order valence-corrected chi connectivity index (χ0v) is 18.6. The summed E-state index contributed by atoms with van der Waals surface area (Å²) in [5, 5.41) is 0. The van der Waals surface area contributed by atoms with E-state index in [9.17, 15) is 14.0 Å². The third-order valence-electron chi connectivity index (χ3n) is 5.14. The van der Waals surface area contributed by atoms with Crippen LogP contribution in [0.2, 0.25) is 0 Å². The molecule has 0 fully saturated rings. The summed E-state index contributed by atoms with van der Waals surface area (Å²) in [5.41, 5.74) is 1.43. The SMILES string of the molecule is CCOC(=O)C1=C(C)N=c2s/c(=C/c3ccccc3F)c(=O)n2[C@@H]1c1ccc(OC)cc1. The molecule has 0 N–H and O–H groups in total. The molecule has 1 aromatic heterocycles. The molecule has 0 amide bonds. The van der Waals surface area contributed by atoms with Crippen LogP contribution in [0.4, 0.5) is 4.39 Å². The van der Waals surface area contributed by atoms with Crippen molar-refractivity contribution in [3.63, 3.8) is 0 Å². The largest absolute Gasteiger partial charge is 0.497 e. The van der Waals surface area contributed by atoms with Crippen molar-refractivity contribution in [1.29, 1.82) is 0 Å². The summed E-state index contributed by atoms with van der Waals surface area (Å²) in [6.45, 7) is 3.64. The van der Waals surface area contributed by atoms with Crippen molar-refractivity contribution in [2.24, 2.45) is 4.99 Å². The van der Waals surface area contributed by atoms with Gasteiger partial charge in [0.15, 0.2) is 4.80 Å². The number of benzene rings is 2. The number of carbonyl (C=O) groups excluding carboxylic acids is 1. The second-order valence-electron chi connectivity index (χ2n) is 7.10. The number of nitrogens with zero attached hydrogens (tertiary/aromatic N) is 2. The van der Waals surface area contributed by atoms with E-state index < -0.39 is 17.8 Å². The number of hydrogen-bond donors (Lipinski definition) is 0. The van der Waals surface area contributed by atoms with Gasteiger partial charge in [-0.25, -0.2) is 14.2 Å². The van der Waals surface area contributed by atoms with Crippen LogP contribution in [0.5, 0.6) is 5.75 Å². The third-order valence-corrected chi connectivity index (χ3v) is 6.12. The standard InChI is InChI=1S/C24H21FN2O4S/c1-4-31-23(29)20-14(2)26-24-27(21(20)15-9-11-17(30-3)12-10-15)22(28)19(32-24)13-16-7-5-6-8-18(16)25/h5-13,21H,4H2,1-3H3/b19-13+/t21-/m1/s1. The van der Waals surface area contributed by atoms with Crippen molar-refractivity contribution in [3.05, 3.63) is 96.4 Å². The molecule has 0 saturated heterocycles. The fourth-order valence-electron chi connectivity index (χ4n) is 3.63. The van der Waals surface area contributed by atoms with Gasteiger partial charge >= 0.3 is 5.97 Å². The Bertz CT molecular complexity index is 1390. The molecule has 6 nitrogen and oxygen atoms in total. The fraction of sp³-hybridized carbons (Fsp3) is 0.208. The molecule has 3 aromatic rings. The summed E-state index contributed by atoms with van der Waals surface area (Å²) in [6.07, 6.45) is 1.51. The molecule has 4 rings (SSSR count). The van der Waals surface area contributed by atoms with Crippen molar-refractivity contribution in [3.8, 4) is 5.75 Å². The molecule has 1 aliphatic heterocycles. The number of aromatic nitrogens is 1. The lowest BCUT2D eigenvalue weighted by Crippen LogP contribution is -2.39. The van der Waals surface area contributed by atoms with Gasteiger partial charge in [0.25, 0.3) is 5.56 Å². The first-order chi connectivity index (χ1) is 15.4. The average Bonchev–Trinajstić information content (AvgIpc) is 3.09. The molecule has 0 bridgehead atoms. The smallest absolute Gasteiger partial charge is 0.338 e. The number of ether oxygens (including phenoxy) is 2. The summed E-state index contributed by atoms with van der Waals surface area (Å²) >= 11 is 1.15. The molecule has 0 spiro atoms. The highest BCUT2D eigenvalue weighted by atomic mass is 32.1. The number of rotatable bonds is 5. The molecule has 32 heavy (non-hydrogen) atoms. The van der Waals surface area contributed by atoms with Gasteiger partial charge in [0, 0.05) is 5.56 Å². The molecule has 1 aliphatic rings. The summed E-state index contributed by atoms with van der Waals surface area (Å²) in [5.74, 6) is -0.300. The maximum absolute atomic E-state index is 14.2. The first kappa shape index (κ1) is 21.7. The highest BCUT2D eigenvalue weighted by Crippen LogP contribution is 2.31. The highest BCUT2D eigenvalue weighted by molar-refractivity contribution is 7.07. The van der Waals surface area contributed by atoms with Gasteiger partial charge in [-0.2, -0.15) is 0 Å². The average molecular weight is 453 g/mol. The predicted octanol–water partition coefficient (Wildman–Crippen LogP) is 2.95. The highest BCUT2D eigenvalue weighted by Gasteiger charge is 2.33. The third kappa shape index (κ3) is 3.89. The van der Waals surface area contributed by atoms with Crippen molar-refractivity contribution >= 4 is 23.4 Å². The van der Waals surface area contributed by atoms with E-state index in [0.29, 0.717) is 37.5 Å². The van der Waals surface area contributed by atoms with Crippen LogP contribution >= 0.6 is 11.3 Å². The second kappa shape index (κ2) is 8.92. The van der Waals surface area contributed by atoms with E-state index >= 15 is 0 Å². The lowest BCUT2D eigenvalue weighted by Gasteiger charge is -2.24. The number of fused-ring (bicyclic) bond motifs is 1. The van der Waals surface area contributed by atoms with E-state index in [0.717, 1.165) is 11.3 Å².